The van der Waals surface area contributed by atoms with Gasteiger partial charge in [0.15, 0.2) is 6.29 Å². The molecular weight excluding hydrogens is 367 g/mol. The molecule has 2 radical (unpaired) electrons. The molecule has 1 aliphatic heterocycles. The van der Waals surface area contributed by atoms with Crippen LogP contribution in [-0.4, -0.2) is 59.2 Å². The zero-order chi connectivity index (χ0) is 19.1. The van der Waals surface area contributed by atoms with Gasteiger partial charge in [-0.1, -0.05) is 44.1 Å². The molecule has 1 aromatic carbocycles. The highest BCUT2D eigenvalue weighted by molar-refractivity contribution is 7.70. The molecule has 0 N–H and O–H groups in total. The van der Waals surface area contributed by atoms with Gasteiger partial charge >= 0.3 is 6.64 Å². The fraction of sp³-hybridized carbons (Fsp3) is 0.625. The molecule has 0 aromatic heterocycles. The van der Waals surface area contributed by atoms with Crippen molar-refractivity contribution in [2.24, 2.45) is 5.92 Å². The summed E-state index contributed by atoms with van der Waals surface area (Å²) in [5.74, 6) is -0.0364. The van der Waals surface area contributed by atoms with Crippen LogP contribution in [0.15, 0.2) is 30.3 Å². The molecule has 0 aliphatic carbocycles. The predicted molar refractivity (Wildman–Crippen MR) is 113 cm³/mol. The van der Waals surface area contributed by atoms with Crippen molar-refractivity contribution in [3.63, 3.8) is 0 Å². The third-order valence-electron chi connectivity index (χ3n) is 4.26. The van der Waals surface area contributed by atoms with Crippen LogP contribution >= 0.6 is 18.2 Å². The monoisotopic (exact) mass is 394 g/mol. The van der Waals surface area contributed by atoms with Gasteiger partial charge in [-0.25, -0.2) is 0 Å². The van der Waals surface area contributed by atoms with Crippen LogP contribution in [0.25, 0.3) is 0 Å². The molecule has 10 heteroatoms. The predicted octanol–water partition coefficient (Wildman–Crippen LogP) is 2.00. The van der Waals surface area contributed by atoms with E-state index < -0.39 is 12.8 Å². The molecule has 1 fully saturated rings. The number of hydrogen-bond donors (Lipinski definition) is 0. The molecule has 1 heterocycles. The van der Waals surface area contributed by atoms with Gasteiger partial charge in [0.25, 0.3) is 6.53 Å². The lowest BCUT2D eigenvalue weighted by molar-refractivity contribution is -0.269. The molecule has 0 saturated carbocycles. The Morgan fingerprint density at radius 2 is 1.85 bits per heavy atom. The summed E-state index contributed by atoms with van der Waals surface area (Å²) in [4.78, 5) is 0. The first-order valence-corrected chi connectivity index (χ1v) is 10.1. The van der Waals surface area contributed by atoms with Crippen LogP contribution in [-0.2, 0) is 30.1 Å². The van der Waals surface area contributed by atoms with Crippen LogP contribution in [0.1, 0.15) is 12.5 Å². The maximum absolute atomic E-state index is 6.10. The number of benzene rings is 1. The van der Waals surface area contributed by atoms with Gasteiger partial charge in [0.1, 0.15) is 6.10 Å². The van der Waals surface area contributed by atoms with Gasteiger partial charge in [-0.3, -0.25) is 0 Å². The lowest BCUT2D eigenvalue weighted by Gasteiger charge is -2.46. The van der Waals surface area contributed by atoms with Crippen LogP contribution in [0.3, 0.4) is 0 Å². The first-order chi connectivity index (χ1) is 12.4. The Bertz CT molecular complexity index is 526. The summed E-state index contributed by atoms with van der Waals surface area (Å²) >= 11 is 0. The van der Waals surface area contributed by atoms with Crippen molar-refractivity contribution < 1.29 is 23.5 Å². The fourth-order valence-corrected chi connectivity index (χ4v) is 3.47. The van der Waals surface area contributed by atoms with Gasteiger partial charge in [-0.15, -0.1) is 18.2 Å². The molecule has 0 spiro atoms. The number of methoxy groups -OCH3 is 1. The molecule has 26 heavy (non-hydrogen) atoms. The lowest BCUT2D eigenvalue weighted by atomic mass is 9.69. The SMILES string of the molecule is [B]B(P)O[C@@H]1C(C)[C@H](OC)OC(COCc2ccccc2)[C@@H]1OB(C)P. The Balaban J connectivity index is 2.08. The van der Waals surface area contributed by atoms with Crippen molar-refractivity contribution in [2.75, 3.05) is 13.7 Å². The Hall–Kier alpha value is 0.0748. The van der Waals surface area contributed by atoms with E-state index in [9.17, 15) is 0 Å². The van der Waals surface area contributed by atoms with Gasteiger partial charge in [0, 0.05) is 13.0 Å². The standard InChI is InChI=1S/C16H27B3O5P2/c1-11-14(24-19(17)26)15(23-18(2)25)13(22-16(11)20-3)10-21-9-12-7-5-4-6-8-12/h4-8,11,13-16H,9-10,25-26H2,1-3H3/t11?,13?,14-,15+,16-/m1/s1. The van der Waals surface area contributed by atoms with E-state index in [0.717, 1.165) is 5.56 Å². The molecule has 4 unspecified atom stereocenters. The highest BCUT2D eigenvalue weighted by Gasteiger charge is 2.46. The second kappa shape index (κ2) is 11.2. The average Bonchev–Trinajstić information content (AvgIpc) is 2.60. The van der Waals surface area contributed by atoms with E-state index in [1.807, 2.05) is 44.1 Å². The molecule has 1 aliphatic rings. The molecule has 7 atom stereocenters. The number of ether oxygens (including phenoxy) is 3. The minimum absolute atomic E-state index is 0.0364. The number of rotatable bonds is 9. The second-order valence-corrected chi connectivity index (χ2v) is 8.11. The van der Waals surface area contributed by atoms with E-state index in [1.54, 1.807) is 7.11 Å². The Kier molecular flexibility index (Phi) is 9.61. The van der Waals surface area contributed by atoms with E-state index >= 15 is 0 Å². The molecule has 0 amide bonds. The largest absolute Gasteiger partial charge is 0.435 e. The average molecular weight is 394 g/mol. The van der Waals surface area contributed by atoms with E-state index in [0.29, 0.717) is 13.2 Å². The summed E-state index contributed by atoms with van der Waals surface area (Å²) in [7, 11) is 12.6. The fourth-order valence-electron chi connectivity index (χ4n) is 3.11. The van der Waals surface area contributed by atoms with E-state index in [1.165, 1.54) is 0 Å². The highest BCUT2D eigenvalue weighted by atomic mass is 31.0. The smallest absolute Gasteiger partial charge is 0.312 e. The van der Waals surface area contributed by atoms with Crippen LogP contribution in [0.2, 0.25) is 6.82 Å². The van der Waals surface area contributed by atoms with Gasteiger partial charge in [-0.2, -0.15) is 0 Å². The summed E-state index contributed by atoms with van der Waals surface area (Å²) in [6.07, 6.45) is -1.31. The van der Waals surface area contributed by atoms with Gasteiger partial charge in [0.2, 0.25) is 0 Å². The quantitative estimate of drug-likeness (QED) is 0.474. The van der Waals surface area contributed by atoms with Crippen molar-refractivity contribution in [3.8, 4) is 0 Å². The summed E-state index contributed by atoms with van der Waals surface area (Å²) in [6, 6.07) is 10.0. The lowest BCUT2D eigenvalue weighted by Crippen LogP contribution is -2.59. The van der Waals surface area contributed by atoms with Crippen LogP contribution < -0.4 is 0 Å². The minimum Gasteiger partial charge on any atom is -0.435 e. The van der Waals surface area contributed by atoms with Crippen molar-refractivity contribution >= 4 is 39.1 Å². The van der Waals surface area contributed by atoms with Gasteiger partial charge in [-0.05, 0) is 5.56 Å². The van der Waals surface area contributed by atoms with Crippen LogP contribution in [0, 0.1) is 5.92 Å². The molecule has 0 bridgehead atoms. The topological polar surface area (TPSA) is 46.2 Å². The number of hydrogen-bond acceptors (Lipinski definition) is 5. The molecule has 1 saturated heterocycles. The van der Waals surface area contributed by atoms with Crippen LogP contribution in [0.5, 0.6) is 0 Å². The summed E-state index contributed by atoms with van der Waals surface area (Å²) in [5.41, 5.74) is 1.11. The Morgan fingerprint density at radius 1 is 1.15 bits per heavy atom. The van der Waals surface area contributed by atoms with Crippen molar-refractivity contribution in [3.05, 3.63) is 35.9 Å². The molecular formula is C16H27B3O5P2. The zero-order valence-electron chi connectivity index (χ0n) is 15.6. The van der Waals surface area contributed by atoms with E-state index in [4.69, 9.17) is 31.3 Å². The highest BCUT2D eigenvalue weighted by Crippen LogP contribution is 2.32. The minimum atomic E-state index is -0.491. The van der Waals surface area contributed by atoms with E-state index in [-0.39, 0.29) is 30.9 Å². The molecule has 2 rings (SSSR count). The van der Waals surface area contributed by atoms with Crippen molar-refractivity contribution in [1.29, 1.82) is 0 Å². The Labute approximate surface area is 163 Å². The third-order valence-corrected chi connectivity index (χ3v) is 4.57. The van der Waals surface area contributed by atoms with E-state index in [2.05, 4.69) is 18.2 Å². The maximum Gasteiger partial charge on any atom is 0.312 e. The first-order valence-electron chi connectivity index (χ1n) is 8.80. The van der Waals surface area contributed by atoms with Crippen molar-refractivity contribution in [2.45, 2.75) is 45.0 Å². The maximum atomic E-state index is 6.10. The van der Waals surface area contributed by atoms with Gasteiger partial charge < -0.3 is 23.5 Å². The molecule has 1 aromatic rings. The molecule has 5 nitrogen and oxygen atoms in total. The Morgan fingerprint density at radius 3 is 2.42 bits per heavy atom. The summed E-state index contributed by atoms with van der Waals surface area (Å²) < 4.78 is 29.5. The zero-order valence-corrected chi connectivity index (χ0v) is 17.9. The van der Waals surface area contributed by atoms with Crippen LogP contribution in [0.4, 0.5) is 0 Å². The second-order valence-electron chi connectivity index (χ2n) is 6.51. The normalized spacial score (nSPS) is 28.7. The summed E-state index contributed by atoms with van der Waals surface area (Å²) in [5, 5.41) is 0. The third kappa shape index (κ3) is 6.60. The van der Waals surface area contributed by atoms with Crippen molar-refractivity contribution in [1.82, 2.24) is 0 Å². The summed E-state index contributed by atoms with van der Waals surface area (Å²) in [6.45, 7) is 4.29. The van der Waals surface area contributed by atoms with Gasteiger partial charge in [0.05, 0.1) is 33.2 Å². The molecule has 140 valence electrons. The first kappa shape index (κ1) is 22.4.